The third kappa shape index (κ3) is 2.27. The van der Waals surface area contributed by atoms with Crippen molar-refractivity contribution in [1.29, 1.82) is 0 Å². The van der Waals surface area contributed by atoms with Gasteiger partial charge in [-0.3, -0.25) is 9.69 Å². The minimum atomic E-state index is -0.671. The molecule has 0 spiro atoms. The van der Waals surface area contributed by atoms with Gasteiger partial charge in [0.2, 0.25) is 0 Å². The Labute approximate surface area is 129 Å². The number of anilines is 1. The number of nitrogens with zero attached hydrogens (tertiary/aromatic N) is 4. The van der Waals surface area contributed by atoms with Gasteiger partial charge in [-0.15, -0.1) is 0 Å². The van der Waals surface area contributed by atoms with Crippen LogP contribution in [0, 0.1) is 0 Å². The molecule has 0 unspecified atom stereocenters. The van der Waals surface area contributed by atoms with E-state index < -0.39 is 17.7 Å². The fourth-order valence-corrected chi connectivity index (χ4v) is 2.40. The lowest BCUT2D eigenvalue weighted by Gasteiger charge is -2.14. The van der Waals surface area contributed by atoms with Gasteiger partial charge in [0.15, 0.2) is 5.82 Å². The van der Waals surface area contributed by atoms with Crippen molar-refractivity contribution >= 4 is 29.3 Å². The molecule has 2 aromatic rings. The van der Waals surface area contributed by atoms with Crippen LogP contribution in [-0.2, 0) is 22.6 Å². The zero-order chi connectivity index (χ0) is 15.9. The number of benzene rings is 1. The van der Waals surface area contributed by atoms with Gasteiger partial charge in [0, 0.05) is 10.7 Å². The molecule has 0 atom stereocenters. The number of amides is 1. The first-order valence-electron chi connectivity index (χ1n) is 6.34. The maximum Gasteiger partial charge on any atom is 0.354 e. The van der Waals surface area contributed by atoms with E-state index in [1.54, 1.807) is 24.3 Å². The highest BCUT2D eigenvalue weighted by Crippen LogP contribution is 2.24. The van der Waals surface area contributed by atoms with Crippen LogP contribution in [0.15, 0.2) is 29.1 Å². The predicted octanol–water partition coefficient (Wildman–Crippen LogP) is 0.859. The number of aromatic nitrogens is 3. The third-order valence-electron chi connectivity index (χ3n) is 3.25. The maximum absolute atomic E-state index is 12.4. The van der Waals surface area contributed by atoms with Crippen molar-refractivity contribution < 1.29 is 14.3 Å². The van der Waals surface area contributed by atoms with Crippen molar-refractivity contribution in [2.75, 3.05) is 12.0 Å². The number of carbonyl (C=O) groups excluding carboxylic acids is 2. The fourth-order valence-electron chi connectivity index (χ4n) is 2.21. The minimum absolute atomic E-state index is 0.128. The Kier molecular flexibility index (Phi) is 3.45. The van der Waals surface area contributed by atoms with E-state index in [2.05, 4.69) is 9.84 Å². The van der Waals surface area contributed by atoms with Crippen LogP contribution in [0.2, 0.25) is 5.02 Å². The number of carbonyl (C=O) groups is 2. The molecule has 1 aliphatic rings. The van der Waals surface area contributed by atoms with Gasteiger partial charge in [-0.1, -0.05) is 17.7 Å². The van der Waals surface area contributed by atoms with Crippen LogP contribution in [0.3, 0.4) is 0 Å². The van der Waals surface area contributed by atoms with E-state index in [0.717, 1.165) is 9.25 Å². The molecule has 0 aliphatic carbocycles. The molecule has 1 amide bonds. The van der Waals surface area contributed by atoms with Gasteiger partial charge in [0.05, 0.1) is 13.7 Å². The third-order valence-corrected chi connectivity index (χ3v) is 3.49. The van der Waals surface area contributed by atoms with Crippen LogP contribution in [0.25, 0.3) is 0 Å². The second kappa shape index (κ2) is 5.30. The molecule has 0 saturated carbocycles. The molecular formula is C13H11ClN4O4. The molecule has 9 heteroatoms. The monoisotopic (exact) mass is 322 g/mol. The lowest BCUT2D eigenvalue weighted by molar-refractivity contribution is -0.141. The van der Waals surface area contributed by atoms with Crippen LogP contribution >= 0.6 is 11.6 Å². The molecule has 0 saturated heterocycles. The Morgan fingerprint density at radius 2 is 2.18 bits per heavy atom. The van der Waals surface area contributed by atoms with Crippen LogP contribution in [0.5, 0.6) is 0 Å². The van der Waals surface area contributed by atoms with E-state index in [1.165, 1.54) is 12.0 Å². The lowest BCUT2D eigenvalue weighted by Crippen LogP contribution is -2.35. The van der Waals surface area contributed by atoms with E-state index in [0.29, 0.717) is 10.7 Å². The number of fused-ring (bicyclic) bond motifs is 1. The number of esters is 1. The Balaban J connectivity index is 1.93. The van der Waals surface area contributed by atoms with Crippen molar-refractivity contribution in [3.63, 3.8) is 0 Å². The molecule has 1 aliphatic heterocycles. The summed E-state index contributed by atoms with van der Waals surface area (Å²) in [5.74, 6) is -0.350. The van der Waals surface area contributed by atoms with Gasteiger partial charge in [0.1, 0.15) is 6.54 Å². The van der Waals surface area contributed by atoms with Crippen LogP contribution in [-0.4, -0.2) is 33.5 Å². The van der Waals surface area contributed by atoms with Gasteiger partial charge < -0.3 is 4.74 Å². The zero-order valence-corrected chi connectivity index (χ0v) is 12.3. The summed E-state index contributed by atoms with van der Waals surface area (Å²) in [6, 6.07) is 6.20. The lowest BCUT2D eigenvalue weighted by atomic mass is 10.3. The molecule has 0 bridgehead atoms. The minimum Gasteiger partial charge on any atom is -0.468 e. The number of rotatable bonds is 3. The van der Waals surface area contributed by atoms with Crippen molar-refractivity contribution in [3.05, 3.63) is 45.6 Å². The van der Waals surface area contributed by atoms with Gasteiger partial charge in [-0.05, 0) is 18.2 Å². The van der Waals surface area contributed by atoms with Gasteiger partial charge in [-0.2, -0.15) is 9.67 Å². The summed E-state index contributed by atoms with van der Waals surface area (Å²) >= 11 is 5.91. The highest BCUT2D eigenvalue weighted by Gasteiger charge is 2.33. The van der Waals surface area contributed by atoms with E-state index in [1.807, 2.05) is 0 Å². The van der Waals surface area contributed by atoms with E-state index >= 15 is 0 Å². The normalized spacial score (nSPS) is 13.4. The molecule has 114 valence electrons. The Bertz CT molecular complexity index is 826. The number of halogens is 1. The summed E-state index contributed by atoms with van der Waals surface area (Å²) in [6.07, 6.45) is 0. The summed E-state index contributed by atoms with van der Waals surface area (Å²) in [7, 11) is 1.21. The number of hydrogen-bond donors (Lipinski definition) is 0. The molecule has 0 N–H and O–H groups in total. The second-order valence-electron chi connectivity index (χ2n) is 4.62. The van der Waals surface area contributed by atoms with Gasteiger partial charge >= 0.3 is 17.7 Å². The molecule has 2 heterocycles. The molecule has 0 radical (unpaired) electrons. The number of ether oxygens (including phenoxy) is 1. The molecule has 1 aromatic carbocycles. The highest BCUT2D eigenvalue weighted by atomic mass is 35.5. The fraction of sp³-hybridized carbons (Fsp3) is 0.231. The maximum atomic E-state index is 12.4. The first-order valence-corrected chi connectivity index (χ1v) is 6.72. The SMILES string of the molecule is COC(=O)Cn1nc2n(c1=O)C(=O)N(c1cccc(Cl)c1)C2. The Morgan fingerprint density at radius 1 is 1.41 bits per heavy atom. The van der Waals surface area contributed by atoms with Crippen molar-refractivity contribution in [2.24, 2.45) is 0 Å². The topological polar surface area (TPSA) is 86.4 Å². The van der Waals surface area contributed by atoms with E-state index in [-0.39, 0.29) is 18.9 Å². The van der Waals surface area contributed by atoms with Crippen LogP contribution in [0.4, 0.5) is 10.5 Å². The first kappa shape index (κ1) is 14.3. The van der Waals surface area contributed by atoms with Crippen molar-refractivity contribution in [2.45, 2.75) is 13.1 Å². The zero-order valence-electron chi connectivity index (χ0n) is 11.5. The summed E-state index contributed by atoms with van der Waals surface area (Å²) in [5, 5.41) is 4.48. The Hall–Kier alpha value is -2.61. The van der Waals surface area contributed by atoms with Crippen molar-refractivity contribution in [1.82, 2.24) is 14.3 Å². The summed E-state index contributed by atoms with van der Waals surface area (Å²) in [6.45, 7) is -0.206. The predicted molar refractivity (Wildman–Crippen MR) is 76.9 cm³/mol. The van der Waals surface area contributed by atoms with Crippen LogP contribution < -0.4 is 10.6 Å². The summed E-state index contributed by atoms with van der Waals surface area (Å²) in [5.41, 5.74) is -0.100. The Morgan fingerprint density at radius 3 is 2.82 bits per heavy atom. The average Bonchev–Trinajstić information content (AvgIpc) is 2.97. The van der Waals surface area contributed by atoms with Crippen LogP contribution in [0.1, 0.15) is 5.82 Å². The van der Waals surface area contributed by atoms with Gasteiger partial charge in [-0.25, -0.2) is 14.3 Å². The molecule has 8 nitrogen and oxygen atoms in total. The largest absolute Gasteiger partial charge is 0.468 e. The standard InChI is InChI=1S/C13H11ClN4O4/c1-22-11(19)7-17-13(21)18-10(15-17)6-16(12(18)20)9-4-2-3-8(14)5-9/h2-5H,6-7H2,1H3. The smallest absolute Gasteiger partial charge is 0.354 e. The highest BCUT2D eigenvalue weighted by molar-refractivity contribution is 6.30. The quantitative estimate of drug-likeness (QED) is 0.782. The number of methoxy groups -OCH3 is 1. The molecule has 1 aromatic heterocycles. The summed E-state index contributed by atoms with van der Waals surface area (Å²) in [4.78, 5) is 37.1. The second-order valence-corrected chi connectivity index (χ2v) is 5.05. The summed E-state index contributed by atoms with van der Waals surface area (Å²) < 4.78 is 6.33. The van der Waals surface area contributed by atoms with E-state index in [9.17, 15) is 14.4 Å². The molecule has 3 rings (SSSR count). The number of hydrogen-bond acceptors (Lipinski definition) is 5. The molecular weight excluding hydrogens is 312 g/mol. The first-order chi connectivity index (χ1) is 10.5. The van der Waals surface area contributed by atoms with E-state index in [4.69, 9.17) is 11.6 Å². The van der Waals surface area contributed by atoms with Gasteiger partial charge in [0.25, 0.3) is 0 Å². The average molecular weight is 323 g/mol. The molecule has 0 fully saturated rings. The molecule has 22 heavy (non-hydrogen) atoms. The van der Waals surface area contributed by atoms with Crippen molar-refractivity contribution in [3.8, 4) is 0 Å².